The van der Waals surface area contributed by atoms with Gasteiger partial charge in [0, 0.05) is 49.7 Å². The molecule has 0 bridgehead atoms. The molecule has 2 fully saturated rings. The molecule has 12 nitrogen and oxygen atoms in total. The molecule has 0 radical (unpaired) electrons. The lowest BCUT2D eigenvalue weighted by Crippen LogP contribution is -2.46. The first-order chi connectivity index (χ1) is 23.8. The minimum atomic E-state index is -1.34. The van der Waals surface area contributed by atoms with Gasteiger partial charge in [-0.25, -0.2) is 28.1 Å². The average Bonchev–Trinajstić information content (AvgIpc) is 3.86. The summed E-state index contributed by atoms with van der Waals surface area (Å²) in [5, 5.41) is 8.44. The Kier molecular flexibility index (Phi) is 9.19. The van der Waals surface area contributed by atoms with Gasteiger partial charge in [0.1, 0.15) is 49.8 Å². The summed E-state index contributed by atoms with van der Waals surface area (Å²) in [4.78, 5) is 21.5. The van der Waals surface area contributed by atoms with Gasteiger partial charge in [-0.15, -0.1) is 0 Å². The van der Waals surface area contributed by atoms with Crippen LogP contribution in [0.5, 0.6) is 5.75 Å². The van der Waals surface area contributed by atoms with Crippen LogP contribution in [0.2, 0.25) is 0 Å². The number of aryl methyl sites for hydroxylation is 1. The molecule has 0 aliphatic carbocycles. The highest BCUT2D eigenvalue weighted by Gasteiger charge is 2.46. The maximum Gasteiger partial charge on any atom is 0.350 e. The Morgan fingerprint density at radius 1 is 0.918 bits per heavy atom. The van der Waals surface area contributed by atoms with Crippen LogP contribution in [0.4, 0.5) is 15.8 Å². The largest absolute Gasteiger partial charge is 0.491 e. The van der Waals surface area contributed by atoms with E-state index >= 15 is 4.39 Å². The van der Waals surface area contributed by atoms with E-state index in [4.69, 9.17) is 14.2 Å². The summed E-state index contributed by atoms with van der Waals surface area (Å²) in [7, 11) is 0. The number of anilines is 2. The number of halogens is 1. The number of hydrogen-bond donors (Lipinski definition) is 0. The van der Waals surface area contributed by atoms with E-state index in [1.54, 1.807) is 28.0 Å². The molecule has 4 heterocycles. The third-order valence-electron chi connectivity index (χ3n) is 8.91. The van der Waals surface area contributed by atoms with E-state index in [0.29, 0.717) is 18.0 Å². The van der Waals surface area contributed by atoms with E-state index in [-0.39, 0.29) is 25.4 Å². The Morgan fingerprint density at radius 3 is 2.22 bits per heavy atom. The smallest absolute Gasteiger partial charge is 0.350 e. The lowest BCUT2D eigenvalue weighted by molar-refractivity contribution is -0.192. The minimum absolute atomic E-state index is 0.122. The maximum atomic E-state index is 15.1. The number of aromatic nitrogens is 6. The van der Waals surface area contributed by atoms with Gasteiger partial charge in [0.15, 0.2) is 0 Å². The fraction of sp³-hybridized carbons (Fsp3) is 0.389. The standard InChI is InChI=1S/C36H41FN8O4/c1-26(2)19-45-35(46)44(25-40-45)30-7-5-28(6-8-30)41-14-16-42(17-15-41)29-9-11-31(12-10-29)47-20-32-21-48-36(49-32,22-43-24-38-23-39-43)33-13-4-27(3)18-34(33)37/h4-13,18,23-26,32H,14-17,19-22H2,1-3H3. The van der Waals surface area contributed by atoms with E-state index in [1.165, 1.54) is 17.1 Å². The second-order valence-corrected chi connectivity index (χ2v) is 13.0. The molecule has 2 saturated heterocycles. The van der Waals surface area contributed by atoms with Crippen molar-refractivity contribution in [3.05, 3.63) is 113 Å². The van der Waals surface area contributed by atoms with Gasteiger partial charge in [0.05, 0.1) is 12.3 Å². The van der Waals surface area contributed by atoms with E-state index < -0.39 is 17.7 Å². The molecule has 2 aliphatic heterocycles. The molecule has 0 saturated carbocycles. The van der Waals surface area contributed by atoms with Crippen LogP contribution < -0.4 is 20.2 Å². The van der Waals surface area contributed by atoms with E-state index in [0.717, 1.165) is 54.6 Å². The molecule has 7 rings (SSSR count). The third-order valence-corrected chi connectivity index (χ3v) is 8.91. The molecule has 5 aromatic rings. The normalized spacial score (nSPS) is 19.6. The predicted molar refractivity (Wildman–Crippen MR) is 183 cm³/mol. The number of ether oxygens (including phenoxy) is 3. The highest BCUT2D eigenvalue weighted by molar-refractivity contribution is 5.54. The maximum absolute atomic E-state index is 15.1. The van der Waals surface area contributed by atoms with Crippen LogP contribution in [0.25, 0.3) is 5.69 Å². The van der Waals surface area contributed by atoms with Gasteiger partial charge in [-0.05, 0) is 73.0 Å². The fourth-order valence-electron chi connectivity index (χ4n) is 6.39. The van der Waals surface area contributed by atoms with Crippen molar-refractivity contribution in [1.29, 1.82) is 0 Å². The molecule has 49 heavy (non-hydrogen) atoms. The van der Waals surface area contributed by atoms with Crippen LogP contribution in [0.1, 0.15) is 25.0 Å². The Morgan fingerprint density at radius 2 is 1.59 bits per heavy atom. The minimum Gasteiger partial charge on any atom is -0.491 e. The second-order valence-electron chi connectivity index (χ2n) is 13.0. The molecule has 2 atom stereocenters. The predicted octanol–water partition coefficient (Wildman–Crippen LogP) is 4.40. The van der Waals surface area contributed by atoms with Gasteiger partial charge in [0.2, 0.25) is 5.79 Å². The molecule has 2 aromatic heterocycles. The summed E-state index contributed by atoms with van der Waals surface area (Å²) >= 11 is 0. The summed E-state index contributed by atoms with van der Waals surface area (Å²) in [6.45, 7) is 10.7. The first-order valence-corrected chi connectivity index (χ1v) is 16.6. The number of piperazine rings is 1. The lowest BCUT2D eigenvalue weighted by Gasteiger charge is -2.37. The molecule has 13 heteroatoms. The number of hydrogen-bond acceptors (Lipinski definition) is 9. The van der Waals surface area contributed by atoms with E-state index in [1.807, 2.05) is 37.3 Å². The lowest BCUT2D eigenvalue weighted by atomic mass is 10.0. The first-order valence-electron chi connectivity index (χ1n) is 16.6. The van der Waals surface area contributed by atoms with Crippen molar-refractivity contribution in [3.8, 4) is 11.4 Å². The van der Waals surface area contributed by atoms with Gasteiger partial charge in [-0.2, -0.15) is 10.2 Å². The van der Waals surface area contributed by atoms with Crippen molar-refractivity contribution in [2.75, 3.05) is 49.2 Å². The van der Waals surface area contributed by atoms with Gasteiger partial charge >= 0.3 is 5.69 Å². The Bertz CT molecular complexity index is 1900. The number of rotatable bonds is 11. The molecule has 2 unspecified atom stereocenters. The zero-order valence-electron chi connectivity index (χ0n) is 28.0. The monoisotopic (exact) mass is 668 g/mol. The molecule has 0 N–H and O–H groups in total. The molecule has 0 spiro atoms. The van der Waals surface area contributed by atoms with Crippen LogP contribution in [-0.2, 0) is 28.4 Å². The third kappa shape index (κ3) is 7.08. The zero-order valence-corrected chi connectivity index (χ0v) is 28.0. The first kappa shape index (κ1) is 32.5. The molecule has 2 aliphatic rings. The average molecular weight is 669 g/mol. The van der Waals surface area contributed by atoms with Crippen molar-refractivity contribution < 1.29 is 18.6 Å². The number of nitrogens with zero attached hydrogens (tertiary/aromatic N) is 8. The summed E-state index contributed by atoms with van der Waals surface area (Å²) in [6.07, 6.45) is 4.16. The summed E-state index contributed by atoms with van der Waals surface area (Å²) in [5.74, 6) is -0.672. The van der Waals surface area contributed by atoms with Crippen molar-refractivity contribution >= 4 is 11.4 Å². The van der Waals surface area contributed by atoms with Gasteiger partial charge in [-0.1, -0.05) is 26.0 Å². The molecular formula is C36H41FN8O4. The second kappa shape index (κ2) is 13.8. The molecule has 256 valence electrons. The van der Waals surface area contributed by atoms with Crippen molar-refractivity contribution in [1.82, 2.24) is 29.1 Å². The van der Waals surface area contributed by atoms with E-state index in [9.17, 15) is 4.79 Å². The number of benzene rings is 3. The van der Waals surface area contributed by atoms with Gasteiger partial charge < -0.3 is 24.0 Å². The van der Waals surface area contributed by atoms with Crippen LogP contribution in [0.3, 0.4) is 0 Å². The summed E-state index contributed by atoms with van der Waals surface area (Å²) in [6, 6.07) is 21.2. The highest BCUT2D eigenvalue weighted by atomic mass is 19.1. The Hall–Kier alpha value is -5.01. The molecular weight excluding hydrogens is 627 g/mol. The van der Waals surface area contributed by atoms with Crippen LogP contribution in [0.15, 0.2) is 90.5 Å². The SMILES string of the molecule is Cc1ccc(C2(Cn3cncn3)OCC(COc3ccc(N4CCN(c5ccc(-n6cnn(CC(C)C)c6=O)cc5)CC4)cc3)O2)c(F)c1. The van der Waals surface area contributed by atoms with Crippen molar-refractivity contribution in [2.45, 2.75) is 45.8 Å². The van der Waals surface area contributed by atoms with Crippen LogP contribution >= 0.6 is 0 Å². The summed E-state index contributed by atoms with van der Waals surface area (Å²) < 4.78 is 38.4. The quantitative estimate of drug-likeness (QED) is 0.203. The van der Waals surface area contributed by atoms with Crippen LogP contribution in [-0.4, -0.2) is 74.6 Å². The Balaban J connectivity index is 0.922. The van der Waals surface area contributed by atoms with Gasteiger partial charge in [-0.3, -0.25) is 0 Å². The highest BCUT2D eigenvalue weighted by Crippen LogP contribution is 2.38. The zero-order chi connectivity index (χ0) is 34.0. The summed E-state index contributed by atoms with van der Waals surface area (Å²) in [5.41, 5.74) is 4.07. The van der Waals surface area contributed by atoms with Crippen molar-refractivity contribution in [3.63, 3.8) is 0 Å². The molecule has 3 aromatic carbocycles. The van der Waals surface area contributed by atoms with Crippen molar-refractivity contribution in [2.24, 2.45) is 5.92 Å². The molecule has 0 amide bonds. The topological polar surface area (TPSA) is 105 Å². The Labute approximate surface area is 284 Å². The van der Waals surface area contributed by atoms with Crippen LogP contribution in [0, 0.1) is 18.7 Å². The fourth-order valence-corrected chi connectivity index (χ4v) is 6.39. The van der Waals surface area contributed by atoms with E-state index in [2.05, 4.69) is 63.1 Å². The van der Waals surface area contributed by atoms with Gasteiger partial charge in [0.25, 0.3) is 0 Å².